The van der Waals surface area contributed by atoms with Crippen molar-refractivity contribution in [2.24, 2.45) is 0 Å². The van der Waals surface area contributed by atoms with Gasteiger partial charge in [0.2, 0.25) is 0 Å². The molecule has 1 aromatic heterocycles. The van der Waals surface area contributed by atoms with Crippen LogP contribution in [0, 0.1) is 0 Å². The van der Waals surface area contributed by atoms with Crippen LogP contribution in [0.4, 0.5) is 0 Å². The number of rotatable bonds is 4. The Morgan fingerprint density at radius 2 is 1.83 bits per heavy atom. The van der Waals surface area contributed by atoms with Gasteiger partial charge in [-0.3, -0.25) is 0 Å². The first kappa shape index (κ1) is 16.3. The molecule has 24 heavy (non-hydrogen) atoms. The molecule has 3 rings (SSSR count). The number of ether oxygens (including phenoxy) is 1. The fraction of sp³-hybridized carbons (Fsp3) is 0.286. The lowest BCUT2D eigenvalue weighted by Crippen LogP contribution is -2.05. The molecule has 0 spiro atoms. The maximum Gasteiger partial charge on any atom is 0.344 e. The fourth-order valence-electron chi connectivity index (χ4n) is 2.92. The average molecular weight is 322 g/mol. The van der Waals surface area contributed by atoms with E-state index in [4.69, 9.17) is 9.15 Å². The van der Waals surface area contributed by atoms with Crippen LogP contribution < -0.4 is 10.4 Å². The average Bonchev–Trinajstić information content (AvgIpc) is 2.60. The summed E-state index contributed by atoms with van der Waals surface area (Å²) < 4.78 is 10.7. The van der Waals surface area contributed by atoms with Gasteiger partial charge in [0.25, 0.3) is 0 Å². The second-order valence-electron chi connectivity index (χ2n) is 6.28. The summed E-state index contributed by atoms with van der Waals surface area (Å²) in [6, 6.07) is 13.8. The highest BCUT2D eigenvalue weighted by Crippen LogP contribution is 2.29. The number of methoxy groups -OCH3 is 1. The van der Waals surface area contributed by atoms with Crippen LogP contribution in [0.3, 0.4) is 0 Å². The SMILES string of the molecule is CCc1ccc(C(C)C)cc1-c1cc2ccc(OC)cc2oc1=O. The van der Waals surface area contributed by atoms with Gasteiger partial charge in [-0.25, -0.2) is 4.79 Å². The van der Waals surface area contributed by atoms with E-state index >= 15 is 0 Å². The van der Waals surface area contributed by atoms with Crippen LogP contribution in [0.2, 0.25) is 0 Å². The van der Waals surface area contributed by atoms with Crippen molar-refractivity contribution in [1.29, 1.82) is 0 Å². The summed E-state index contributed by atoms with van der Waals surface area (Å²) in [6.45, 7) is 6.40. The minimum Gasteiger partial charge on any atom is -0.497 e. The van der Waals surface area contributed by atoms with Crippen molar-refractivity contribution in [2.75, 3.05) is 7.11 Å². The van der Waals surface area contributed by atoms with Crippen molar-refractivity contribution in [3.05, 3.63) is 64.0 Å². The summed E-state index contributed by atoms with van der Waals surface area (Å²) >= 11 is 0. The molecular weight excluding hydrogens is 300 g/mol. The number of fused-ring (bicyclic) bond motifs is 1. The Balaban J connectivity index is 2.24. The third kappa shape index (κ3) is 2.94. The predicted octanol–water partition coefficient (Wildman–Crippen LogP) is 5.15. The zero-order valence-electron chi connectivity index (χ0n) is 14.6. The van der Waals surface area contributed by atoms with E-state index in [0.29, 0.717) is 22.8 Å². The van der Waals surface area contributed by atoms with E-state index in [0.717, 1.165) is 22.9 Å². The molecule has 124 valence electrons. The van der Waals surface area contributed by atoms with Gasteiger partial charge in [0.15, 0.2) is 0 Å². The van der Waals surface area contributed by atoms with Crippen molar-refractivity contribution in [3.8, 4) is 16.9 Å². The van der Waals surface area contributed by atoms with E-state index < -0.39 is 0 Å². The highest BCUT2D eigenvalue weighted by molar-refractivity contribution is 5.83. The molecule has 0 fully saturated rings. The van der Waals surface area contributed by atoms with E-state index in [9.17, 15) is 4.79 Å². The van der Waals surface area contributed by atoms with Crippen LogP contribution in [0.25, 0.3) is 22.1 Å². The molecule has 1 heterocycles. The van der Waals surface area contributed by atoms with E-state index in [1.165, 1.54) is 5.56 Å². The van der Waals surface area contributed by atoms with Gasteiger partial charge in [-0.1, -0.05) is 39.0 Å². The molecule has 0 saturated carbocycles. The molecule has 0 atom stereocenters. The third-order valence-electron chi connectivity index (χ3n) is 4.41. The maximum absolute atomic E-state index is 12.6. The molecule has 0 N–H and O–H groups in total. The Morgan fingerprint density at radius 3 is 2.50 bits per heavy atom. The van der Waals surface area contributed by atoms with E-state index in [2.05, 4.69) is 39.0 Å². The lowest BCUT2D eigenvalue weighted by atomic mass is 9.92. The highest BCUT2D eigenvalue weighted by atomic mass is 16.5. The van der Waals surface area contributed by atoms with Crippen LogP contribution in [-0.2, 0) is 6.42 Å². The largest absolute Gasteiger partial charge is 0.497 e. The molecule has 0 aliphatic carbocycles. The minimum atomic E-state index is -0.314. The fourth-order valence-corrected chi connectivity index (χ4v) is 2.92. The first-order valence-corrected chi connectivity index (χ1v) is 8.28. The first-order valence-electron chi connectivity index (χ1n) is 8.28. The van der Waals surface area contributed by atoms with Crippen molar-refractivity contribution in [2.45, 2.75) is 33.1 Å². The molecule has 0 bridgehead atoms. The zero-order chi connectivity index (χ0) is 17.3. The number of aryl methyl sites for hydroxylation is 1. The van der Waals surface area contributed by atoms with Crippen LogP contribution in [0.5, 0.6) is 5.75 Å². The second kappa shape index (κ2) is 6.52. The Bertz CT molecular complexity index is 935. The summed E-state index contributed by atoms with van der Waals surface area (Å²) in [5, 5.41) is 0.891. The Labute approximate surface area is 141 Å². The van der Waals surface area contributed by atoms with Crippen molar-refractivity contribution in [3.63, 3.8) is 0 Å². The van der Waals surface area contributed by atoms with Gasteiger partial charge in [0.05, 0.1) is 12.7 Å². The third-order valence-corrected chi connectivity index (χ3v) is 4.41. The molecular formula is C21H22O3. The molecule has 3 aromatic rings. The highest BCUT2D eigenvalue weighted by Gasteiger charge is 2.13. The maximum atomic E-state index is 12.6. The topological polar surface area (TPSA) is 39.4 Å². The van der Waals surface area contributed by atoms with Crippen molar-refractivity contribution in [1.82, 2.24) is 0 Å². The van der Waals surface area contributed by atoms with E-state index in [1.807, 2.05) is 18.2 Å². The molecule has 0 saturated heterocycles. The lowest BCUT2D eigenvalue weighted by Gasteiger charge is -2.13. The zero-order valence-corrected chi connectivity index (χ0v) is 14.6. The molecule has 0 aliphatic heterocycles. The summed E-state index contributed by atoms with van der Waals surface area (Å²) in [5.74, 6) is 1.08. The Kier molecular flexibility index (Phi) is 4.43. The normalized spacial score (nSPS) is 11.2. The molecule has 2 aromatic carbocycles. The molecule has 0 unspecified atom stereocenters. The molecule has 0 amide bonds. The van der Waals surface area contributed by atoms with Crippen molar-refractivity contribution >= 4 is 11.0 Å². The second-order valence-corrected chi connectivity index (χ2v) is 6.28. The Hall–Kier alpha value is -2.55. The summed E-state index contributed by atoms with van der Waals surface area (Å²) in [7, 11) is 1.60. The van der Waals surface area contributed by atoms with Crippen LogP contribution >= 0.6 is 0 Å². The monoisotopic (exact) mass is 322 g/mol. The minimum absolute atomic E-state index is 0.314. The predicted molar refractivity (Wildman–Crippen MR) is 97.9 cm³/mol. The van der Waals surface area contributed by atoms with E-state index in [1.54, 1.807) is 13.2 Å². The van der Waals surface area contributed by atoms with Crippen LogP contribution in [-0.4, -0.2) is 7.11 Å². The van der Waals surface area contributed by atoms with Gasteiger partial charge in [-0.2, -0.15) is 0 Å². The first-order chi connectivity index (χ1) is 11.5. The standard InChI is InChI=1S/C21H22O3/c1-5-14-6-7-15(13(2)3)10-18(14)19-11-16-8-9-17(23-4)12-20(16)24-21(19)22/h6-13H,5H2,1-4H3. The number of hydrogen-bond donors (Lipinski definition) is 0. The quantitative estimate of drug-likeness (QED) is 0.623. The van der Waals surface area contributed by atoms with Gasteiger partial charge < -0.3 is 9.15 Å². The summed E-state index contributed by atoms with van der Waals surface area (Å²) in [5.41, 5.74) is 4.19. The van der Waals surface area contributed by atoms with Gasteiger partial charge in [-0.15, -0.1) is 0 Å². The summed E-state index contributed by atoms with van der Waals surface area (Å²) in [4.78, 5) is 12.6. The van der Waals surface area contributed by atoms with Gasteiger partial charge >= 0.3 is 5.63 Å². The summed E-state index contributed by atoms with van der Waals surface area (Å²) in [6.07, 6.45) is 0.869. The van der Waals surface area contributed by atoms with Gasteiger partial charge in [0, 0.05) is 11.5 Å². The molecule has 3 heteroatoms. The van der Waals surface area contributed by atoms with Crippen molar-refractivity contribution < 1.29 is 9.15 Å². The van der Waals surface area contributed by atoms with Gasteiger partial charge in [-0.05, 0) is 47.2 Å². The van der Waals surface area contributed by atoms with Gasteiger partial charge in [0.1, 0.15) is 11.3 Å². The van der Waals surface area contributed by atoms with Crippen LogP contribution in [0.15, 0.2) is 51.7 Å². The van der Waals surface area contributed by atoms with E-state index in [-0.39, 0.29) is 5.63 Å². The number of benzene rings is 2. The lowest BCUT2D eigenvalue weighted by molar-refractivity contribution is 0.414. The Morgan fingerprint density at radius 1 is 1.04 bits per heavy atom. The molecule has 0 radical (unpaired) electrons. The van der Waals surface area contributed by atoms with Crippen LogP contribution in [0.1, 0.15) is 37.8 Å². The smallest absolute Gasteiger partial charge is 0.344 e. The molecule has 3 nitrogen and oxygen atoms in total. The number of hydrogen-bond acceptors (Lipinski definition) is 3. The molecule has 0 aliphatic rings.